The Labute approximate surface area is 138 Å². The van der Waals surface area contributed by atoms with Crippen LogP contribution in [0.2, 0.25) is 0 Å². The topological polar surface area (TPSA) is 32.3 Å². The first-order valence-electron chi connectivity index (χ1n) is 7.78. The van der Waals surface area contributed by atoms with Crippen LogP contribution in [0.4, 0.5) is 4.39 Å². The molecule has 2 rings (SSSR count). The quantitative estimate of drug-likeness (QED) is 0.901. The van der Waals surface area contributed by atoms with E-state index in [9.17, 15) is 9.18 Å². The highest BCUT2D eigenvalue weighted by Crippen LogP contribution is 2.17. The molecular weight excluding hydrogens is 303 g/mol. The lowest BCUT2D eigenvalue weighted by Crippen LogP contribution is -2.44. The van der Waals surface area contributed by atoms with Crippen molar-refractivity contribution in [3.8, 4) is 0 Å². The van der Waals surface area contributed by atoms with Gasteiger partial charge < -0.3 is 10.2 Å². The summed E-state index contributed by atoms with van der Waals surface area (Å²) in [7, 11) is 1.98. The van der Waals surface area contributed by atoms with Gasteiger partial charge in [0.15, 0.2) is 0 Å². The molecule has 124 valence electrons. The van der Waals surface area contributed by atoms with E-state index in [4.69, 9.17) is 0 Å². The highest BCUT2D eigenvalue weighted by atomic mass is 35.5. The number of piperidine rings is 1. The van der Waals surface area contributed by atoms with E-state index in [0.29, 0.717) is 12.5 Å². The second kappa shape index (κ2) is 9.11. The van der Waals surface area contributed by atoms with Crippen LogP contribution in [0.25, 0.3) is 0 Å². The Hall–Kier alpha value is -1.13. The van der Waals surface area contributed by atoms with Gasteiger partial charge >= 0.3 is 0 Å². The van der Waals surface area contributed by atoms with Crippen LogP contribution in [0.1, 0.15) is 31.7 Å². The van der Waals surface area contributed by atoms with E-state index in [-0.39, 0.29) is 30.0 Å². The molecule has 1 aromatic carbocycles. The lowest BCUT2D eigenvalue weighted by atomic mass is 9.96. The van der Waals surface area contributed by atoms with Gasteiger partial charge in [-0.15, -0.1) is 12.4 Å². The molecule has 0 saturated carbocycles. The number of likely N-dealkylation sites (tertiary alicyclic amines) is 1. The number of halogens is 2. The Kier molecular flexibility index (Phi) is 7.83. The van der Waals surface area contributed by atoms with Crippen LogP contribution < -0.4 is 5.32 Å². The Bertz CT molecular complexity index is 475. The van der Waals surface area contributed by atoms with Gasteiger partial charge in [0.25, 0.3) is 0 Å². The van der Waals surface area contributed by atoms with Crippen LogP contribution in [0, 0.1) is 11.7 Å². The fourth-order valence-electron chi connectivity index (χ4n) is 2.98. The standard InChI is InChI=1S/C17H25FN2O.ClH/c1-13(10-14-4-3-5-15(18)12-14)11-17(21)20-8-6-16(19-2)7-9-20;/h3-5,12-13,16,19H,6-11H2,1-2H3;1H. The van der Waals surface area contributed by atoms with Crippen molar-refractivity contribution < 1.29 is 9.18 Å². The Morgan fingerprint density at radius 1 is 1.41 bits per heavy atom. The van der Waals surface area contributed by atoms with E-state index in [0.717, 1.165) is 37.9 Å². The molecule has 0 spiro atoms. The van der Waals surface area contributed by atoms with Crippen LogP contribution in [0.15, 0.2) is 24.3 Å². The second-order valence-corrected chi connectivity index (χ2v) is 6.09. The van der Waals surface area contributed by atoms with Crippen LogP contribution in [-0.4, -0.2) is 37.0 Å². The van der Waals surface area contributed by atoms with E-state index >= 15 is 0 Å². The highest BCUT2D eigenvalue weighted by molar-refractivity contribution is 5.85. The molecule has 0 aliphatic carbocycles. The summed E-state index contributed by atoms with van der Waals surface area (Å²) in [4.78, 5) is 14.3. The minimum atomic E-state index is -0.208. The molecule has 1 N–H and O–H groups in total. The zero-order valence-corrected chi connectivity index (χ0v) is 14.2. The van der Waals surface area contributed by atoms with Gasteiger partial charge in [-0.2, -0.15) is 0 Å². The highest BCUT2D eigenvalue weighted by Gasteiger charge is 2.22. The third kappa shape index (κ3) is 5.58. The van der Waals surface area contributed by atoms with E-state index in [1.165, 1.54) is 6.07 Å². The molecule has 0 aromatic heterocycles. The maximum Gasteiger partial charge on any atom is 0.222 e. The number of carbonyl (C=O) groups is 1. The van der Waals surface area contributed by atoms with Crippen molar-refractivity contribution in [3.63, 3.8) is 0 Å². The maximum atomic E-state index is 13.2. The first kappa shape index (κ1) is 18.9. The third-order valence-electron chi connectivity index (χ3n) is 4.25. The smallest absolute Gasteiger partial charge is 0.222 e. The average molecular weight is 329 g/mol. The molecule has 1 aliphatic rings. The molecule has 1 unspecified atom stereocenters. The Morgan fingerprint density at radius 3 is 2.68 bits per heavy atom. The Balaban J connectivity index is 0.00000242. The zero-order chi connectivity index (χ0) is 15.2. The number of rotatable bonds is 5. The molecular formula is C17H26ClFN2O. The number of nitrogens with one attached hydrogen (secondary N) is 1. The van der Waals surface area contributed by atoms with Crippen LogP contribution in [0.5, 0.6) is 0 Å². The van der Waals surface area contributed by atoms with Gasteiger partial charge in [-0.1, -0.05) is 19.1 Å². The van der Waals surface area contributed by atoms with Gasteiger partial charge in [0.05, 0.1) is 0 Å². The fourth-order valence-corrected chi connectivity index (χ4v) is 2.98. The number of hydrogen-bond donors (Lipinski definition) is 1. The van der Waals surface area contributed by atoms with Gasteiger partial charge in [0, 0.05) is 25.6 Å². The van der Waals surface area contributed by atoms with Crippen molar-refractivity contribution in [2.24, 2.45) is 5.92 Å². The molecule has 0 radical (unpaired) electrons. The largest absolute Gasteiger partial charge is 0.343 e. The lowest BCUT2D eigenvalue weighted by molar-refractivity contribution is -0.133. The van der Waals surface area contributed by atoms with E-state index in [1.54, 1.807) is 12.1 Å². The molecule has 3 nitrogen and oxygen atoms in total. The van der Waals surface area contributed by atoms with E-state index in [1.807, 2.05) is 18.0 Å². The predicted molar refractivity (Wildman–Crippen MR) is 89.8 cm³/mol. The average Bonchev–Trinajstić information content (AvgIpc) is 2.47. The number of benzene rings is 1. The summed E-state index contributed by atoms with van der Waals surface area (Å²) in [6.07, 6.45) is 3.35. The summed E-state index contributed by atoms with van der Waals surface area (Å²) in [6.45, 7) is 3.75. The lowest BCUT2D eigenvalue weighted by Gasteiger charge is -2.32. The minimum Gasteiger partial charge on any atom is -0.343 e. The van der Waals surface area contributed by atoms with Crippen LogP contribution >= 0.6 is 12.4 Å². The molecule has 22 heavy (non-hydrogen) atoms. The van der Waals surface area contributed by atoms with E-state index < -0.39 is 0 Å². The number of hydrogen-bond acceptors (Lipinski definition) is 2. The minimum absolute atomic E-state index is 0. The molecule has 1 saturated heterocycles. The molecule has 5 heteroatoms. The zero-order valence-electron chi connectivity index (χ0n) is 13.3. The van der Waals surface area contributed by atoms with Gasteiger partial charge in [0.1, 0.15) is 5.82 Å². The summed E-state index contributed by atoms with van der Waals surface area (Å²) in [5, 5.41) is 3.27. The SMILES string of the molecule is CNC1CCN(C(=O)CC(C)Cc2cccc(F)c2)CC1.Cl. The van der Waals surface area contributed by atoms with Gasteiger partial charge in [-0.05, 0) is 49.9 Å². The molecule has 1 heterocycles. The van der Waals surface area contributed by atoms with Crippen molar-refractivity contribution in [3.05, 3.63) is 35.6 Å². The van der Waals surface area contributed by atoms with Crippen LogP contribution in [-0.2, 0) is 11.2 Å². The third-order valence-corrected chi connectivity index (χ3v) is 4.25. The molecule has 1 amide bonds. The van der Waals surface area contributed by atoms with Gasteiger partial charge in [-0.3, -0.25) is 4.79 Å². The van der Waals surface area contributed by atoms with E-state index in [2.05, 4.69) is 12.2 Å². The first-order valence-corrected chi connectivity index (χ1v) is 7.78. The summed E-state index contributed by atoms with van der Waals surface area (Å²) in [6, 6.07) is 7.19. The molecule has 1 aliphatic heterocycles. The summed E-state index contributed by atoms with van der Waals surface area (Å²) >= 11 is 0. The summed E-state index contributed by atoms with van der Waals surface area (Å²) < 4.78 is 13.2. The van der Waals surface area contributed by atoms with Crippen molar-refractivity contribution in [2.75, 3.05) is 20.1 Å². The number of amides is 1. The van der Waals surface area contributed by atoms with Crippen molar-refractivity contribution in [1.82, 2.24) is 10.2 Å². The molecule has 0 bridgehead atoms. The first-order chi connectivity index (χ1) is 10.1. The number of carbonyl (C=O) groups excluding carboxylic acids is 1. The molecule has 1 aromatic rings. The monoisotopic (exact) mass is 328 g/mol. The van der Waals surface area contributed by atoms with Gasteiger partial charge in [-0.25, -0.2) is 4.39 Å². The predicted octanol–water partition coefficient (Wildman–Crippen LogP) is 3.03. The number of nitrogens with zero attached hydrogens (tertiary/aromatic N) is 1. The second-order valence-electron chi connectivity index (χ2n) is 6.09. The molecule has 1 atom stereocenters. The van der Waals surface area contributed by atoms with Crippen molar-refractivity contribution in [2.45, 2.75) is 38.6 Å². The summed E-state index contributed by atoms with van der Waals surface area (Å²) in [5.74, 6) is 0.259. The van der Waals surface area contributed by atoms with Crippen molar-refractivity contribution >= 4 is 18.3 Å². The molecule has 1 fully saturated rings. The fraction of sp³-hybridized carbons (Fsp3) is 0.588. The van der Waals surface area contributed by atoms with Crippen molar-refractivity contribution in [1.29, 1.82) is 0 Å². The van der Waals surface area contributed by atoms with Crippen LogP contribution in [0.3, 0.4) is 0 Å². The van der Waals surface area contributed by atoms with Gasteiger partial charge in [0.2, 0.25) is 5.91 Å². The Morgan fingerprint density at radius 2 is 2.09 bits per heavy atom. The summed E-state index contributed by atoms with van der Waals surface area (Å²) in [5.41, 5.74) is 0.962. The maximum absolute atomic E-state index is 13.2. The normalized spacial score (nSPS) is 17.0.